The van der Waals surface area contributed by atoms with Crippen molar-refractivity contribution in [1.29, 1.82) is 0 Å². The fraction of sp³-hybridized carbons (Fsp3) is 0.111. The van der Waals surface area contributed by atoms with E-state index in [1.54, 1.807) is 55.7 Å². The minimum absolute atomic E-state index is 0.115. The lowest BCUT2D eigenvalue weighted by molar-refractivity contribution is -0.129. The molecule has 1 heterocycles. The minimum Gasteiger partial charge on any atom is -0.497 e. The topological polar surface area (TPSA) is 71.1 Å². The molecule has 0 aromatic heterocycles. The van der Waals surface area contributed by atoms with Gasteiger partial charge in [-0.1, -0.05) is 42.5 Å². The molecule has 6 nitrogen and oxygen atoms in total. The number of allylic oxidation sites excluding steroid dienone is 1. The molecule has 0 amide bonds. The van der Waals surface area contributed by atoms with E-state index in [2.05, 4.69) is 0 Å². The number of methoxy groups -OCH3 is 1. The summed E-state index contributed by atoms with van der Waals surface area (Å²) in [6.07, 6.45) is 4.55. The highest BCUT2D eigenvalue weighted by atomic mass is 16.6. The molecule has 6 heteroatoms. The molecule has 33 heavy (non-hydrogen) atoms. The third kappa shape index (κ3) is 4.96. The third-order valence-corrected chi connectivity index (χ3v) is 4.89. The second-order valence-corrected chi connectivity index (χ2v) is 7.07. The molecule has 0 saturated carbocycles. The number of carbonyl (C=O) groups is 2. The Bertz CT molecular complexity index is 1240. The highest BCUT2D eigenvalue weighted by molar-refractivity contribution is 6.14. The van der Waals surface area contributed by atoms with Crippen molar-refractivity contribution in [2.75, 3.05) is 13.7 Å². The number of hydrogen-bond donors (Lipinski definition) is 0. The molecule has 166 valence electrons. The van der Waals surface area contributed by atoms with Gasteiger partial charge >= 0.3 is 5.97 Å². The molecule has 0 atom stereocenters. The normalized spacial score (nSPS) is 13.6. The Balaban J connectivity index is 1.64. The molecule has 1 aliphatic rings. The Morgan fingerprint density at radius 1 is 1.03 bits per heavy atom. The predicted octanol–water partition coefficient (Wildman–Crippen LogP) is 5.33. The molecule has 0 unspecified atom stereocenters. The van der Waals surface area contributed by atoms with E-state index in [0.29, 0.717) is 35.0 Å². The Morgan fingerprint density at radius 3 is 2.61 bits per heavy atom. The van der Waals surface area contributed by atoms with Crippen LogP contribution in [0.25, 0.3) is 12.2 Å². The first-order valence-electron chi connectivity index (χ1n) is 10.4. The van der Waals surface area contributed by atoms with Crippen LogP contribution in [0.4, 0.5) is 0 Å². The minimum atomic E-state index is -0.572. The van der Waals surface area contributed by atoms with Gasteiger partial charge < -0.3 is 18.9 Å². The number of esters is 1. The second-order valence-electron chi connectivity index (χ2n) is 7.07. The standard InChI is InChI=1S/C27H22O6/c1-3-31-22-11-7-10-19(27(22)33-25(28)15-12-18-8-5-4-6-9-18)16-24-26(29)21-14-13-20(30-2)17-23(21)32-24/h4-17H,3H2,1-2H3/b15-12+,24-16-. The fourth-order valence-corrected chi connectivity index (χ4v) is 3.32. The van der Waals surface area contributed by atoms with Crippen molar-refractivity contribution >= 4 is 23.9 Å². The molecule has 3 aromatic carbocycles. The lowest BCUT2D eigenvalue weighted by Gasteiger charge is -2.12. The van der Waals surface area contributed by atoms with Crippen LogP contribution >= 0.6 is 0 Å². The van der Waals surface area contributed by atoms with Crippen LogP contribution in [0.5, 0.6) is 23.0 Å². The number of Topliss-reactive ketones (excluding diaryl/α,β-unsaturated/α-hetero) is 1. The van der Waals surface area contributed by atoms with Crippen molar-refractivity contribution in [2.24, 2.45) is 0 Å². The molecule has 3 aromatic rings. The van der Waals surface area contributed by atoms with E-state index >= 15 is 0 Å². The zero-order valence-corrected chi connectivity index (χ0v) is 18.2. The van der Waals surface area contributed by atoms with Gasteiger partial charge in [-0.05, 0) is 42.8 Å². The largest absolute Gasteiger partial charge is 0.497 e. The van der Waals surface area contributed by atoms with Crippen LogP contribution in [-0.2, 0) is 4.79 Å². The number of benzene rings is 3. The smallest absolute Gasteiger partial charge is 0.336 e. The van der Waals surface area contributed by atoms with Gasteiger partial charge in [-0.15, -0.1) is 0 Å². The maximum atomic E-state index is 12.8. The molecule has 0 radical (unpaired) electrons. The zero-order valence-electron chi connectivity index (χ0n) is 18.2. The first-order valence-corrected chi connectivity index (χ1v) is 10.4. The Labute approximate surface area is 191 Å². The van der Waals surface area contributed by atoms with Crippen LogP contribution in [0, 0.1) is 0 Å². The molecule has 0 spiro atoms. The number of ether oxygens (including phenoxy) is 4. The summed E-state index contributed by atoms with van der Waals surface area (Å²) in [7, 11) is 1.54. The monoisotopic (exact) mass is 442 g/mol. The van der Waals surface area contributed by atoms with Gasteiger partial charge in [-0.25, -0.2) is 4.79 Å². The molecule has 0 saturated heterocycles. The van der Waals surface area contributed by atoms with E-state index in [9.17, 15) is 9.59 Å². The summed E-state index contributed by atoms with van der Waals surface area (Å²) in [6.45, 7) is 2.21. The summed E-state index contributed by atoms with van der Waals surface area (Å²) >= 11 is 0. The summed E-state index contributed by atoms with van der Waals surface area (Å²) in [5.74, 6) is 0.867. The van der Waals surface area contributed by atoms with Gasteiger partial charge in [0.05, 0.1) is 19.3 Å². The van der Waals surface area contributed by atoms with Crippen LogP contribution in [0.15, 0.2) is 78.6 Å². The van der Waals surface area contributed by atoms with Crippen LogP contribution in [0.2, 0.25) is 0 Å². The van der Waals surface area contributed by atoms with E-state index in [-0.39, 0.29) is 17.3 Å². The Kier molecular flexibility index (Phi) is 6.55. The van der Waals surface area contributed by atoms with Crippen molar-refractivity contribution in [3.8, 4) is 23.0 Å². The van der Waals surface area contributed by atoms with Crippen LogP contribution in [-0.4, -0.2) is 25.5 Å². The highest BCUT2D eigenvalue weighted by Gasteiger charge is 2.28. The first kappa shape index (κ1) is 21.9. The molecule has 4 rings (SSSR count). The summed E-state index contributed by atoms with van der Waals surface area (Å²) in [6, 6.07) is 19.6. The maximum Gasteiger partial charge on any atom is 0.336 e. The molecule has 1 aliphatic heterocycles. The van der Waals surface area contributed by atoms with E-state index in [4.69, 9.17) is 18.9 Å². The molecule has 0 fully saturated rings. The lowest BCUT2D eigenvalue weighted by Crippen LogP contribution is -2.08. The van der Waals surface area contributed by atoms with E-state index < -0.39 is 5.97 Å². The van der Waals surface area contributed by atoms with Crippen molar-refractivity contribution in [3.05, 3.63) is 95.3 Å². The summed E-state index contributed by atoms with van der Waals surface area (Å²) in [4.78, 5) is 25.4. The number of rotatable bonds is 7. The van der Waals surface area contributed by atoms with Gasteiger partial charge in [0.15, 0.2) is 17.3 Å². The Morgan fingerprint density at radius 2 is 1.85 bits per heavy atom. The molecular weight excluding hydrogens is 420 g/mol. The molecular formula is C27H22O6. The van der Waals surface area contributed by atoms with Crippen LogP contribution in [0.1, 0.15) is 28.4 Å². The van der Waals surface area contributed by atoms with Gasteiger partial charge in [0.2, 0.25) is 5.78 Å². The van der Waals surface area contributed by atoms with Crippen molar-refractivity contribution in [1.82, 2.24) is 0 Å². The number of hydrogen-bond acceptors (Lipinski definition) is 6. The van der Waals surface area contributed by atoms with Gasteiger partial charge in [-0.3, -0.25) is 4.79 Å². The van der Waals surface area contributed by atoms with E-state index in [0.717, 1.165) is 5.56 Å². The SMILES string of the molecule is CCOc1cccc(/C=C2\Oc3cc(OC)ccc3C2=O)c1OC(=O)/C=C/c1ccccc1. The van der Waals surface area contributed by atoms with E-state index in [1.165, 1.54) is 6.08 Å². The molecule has 0 aliphatic carbocycles. The van der Waals surface area contributed by atoms with Crippen molar-refractivity contribution < 1.29 is 28.5 Å². The third-order valence-electron chi connectivity index (χ3n) is 4.89. The van der Waals surface area contributed by atoms with Crippen molar-refractivity contribution in [2.45, 2.75) is 6.92 Å². The maximum absolute atomic E-state index is 12.8. The average molecular weight is 442 g/mol. The lowest BCUT2D eigenvalue weighted by atomic mass is 10.1. The van der Waals surface area contributed by atoms with Crippen LogP contribution in [0.3, 0.4) is 0 Å². The predicted molar refractivity (Wildman–Crippen MR) is 125 cm³/mol. The van der Waals surface area contributed by atoms with Crippen LogP contribution < -0.4 is 18.9 Å². The fourth-order valence-electron chi connectivity index (χ4n) is 3.32. The number of fused-ring (bicyclic) bond motifs is 1. The van der Waals surface area contributed by atoms with Gasteiger partial charge in [-0.2, -0.15) is 0 Å². The Hall–Kier alpha value is -4.32. The van der Waals surface area contributed by atoms with Gasteiger partial charge in [0.1, 0.15) is 11.5 Å². The van der Waals surface area contributed by atoms with Gasteiger partial charge in [0, 0.05) is 17.7 Å². The quantitative estimate of drug-likeness (QED) is 0.280. The van der Waals surface area contributed by atoms with E-state index in [1.807, 2.05) is 37.3 Å². The highest BCUT2D eigenvalue weighted by Crippen LogP contribution is 2.38. The van der Waals surface area contributed by atoms with Crippen molar-refractivity contribution in [3.63, 3.8) is 0 Å². The number of para-hydroxylation sites is 1. The molecule has 0 bridgehead atoms. The summed E-state index contributed by atoms with van der Waals surface area (Å²) in [5.41, 5.74) is 1.78. The summed E-state index contributed by atoms with van der Waals surface area (Å²) < 4.78 is 22.2. The number of carbonyl (C=O) groups excluding carboxylic acids is 2. The van der Waals surface area contributed by atoms with Gasteiger partial charge in [0.25, 0.3) is 0 Å². The average Bonchev–Trinajstić information content (AvgIpc) is 3.14. The second kappa shape index (κ2) is 9.87. The summed E-state index contributed by atoms with van der Waals surface area (Å²) in [5, 5.41) is 0. The zero-order chi connectivity index (χ0) is 23.2. The molecule has 0 N–H and O–H groups in total. The number of ketones is 1. The first-order chi connectivity index (χ1) is 16.1.